The van der Waals surface area contributed by atoms with Gasteiger partial charge in [0.1, 0.15) is 6.10 Å². The second kappa shape index (κ2) is 6.54. The number of carbonyl (C=O) groups excluding carboxylic acids is 1. The van der Waals surface area contributed by atoms with Crippen LogP contribution in [0.5, 0.6) is 0 Å². The molecule has 1 N–H and O–H groups in total. The molecule has 1 aromatic heterocycles. The summed E-state index contributed by atoms with van der Waals surface area (Å²) < 4.78 is 7.18. The molecular weight excluding hydrogens is 266 g/mol. The van der Waals surface area contributed by atoms with Crippen LogP contribution < -0.4 is 5.32 Å². The topological polar surface area (TPSA) is 56.2 Å². The Labute approximate surface area is 123 Å². The molecule has 1 amide bonds. The minimum absolute atomic E-state index is 0.0145. The Morgan fingerprint density at radius 3 is 2.90 bits per heavy atom. The van der Waals surface area contributed by atoms with Crippen LogP contribution in [0.25, 0.3) is 5.69 Å². The fourth-order valence-corrected chi connectivity index (χ4v) is 2.47. The van der Waals surface area contributed by atoms with Crippen molar-refractivity contribution in [1.82, 2.24) is 15.1 Å². The molecule has 1 aromatic carbocycles. The first-order valence-electron chi connectivity index (χ1n) is 7.31. The maximum atomic E-state index is 11.8. The van der Waals surface area contributed by atoms with Gasteiger partial charge in [-0.3, -0.25) is 4.79 Å². The third-order valence-corrected chi connectivity index (χ3v) is 3.64. The third kappa shape index (κ3) is 3.49. The molecule has 1 atom stereocenters. The number of rotatable bonds is 5. The van der Waals surface area contributed by atoms with Crippen LogP contribution in [0.3, 0.4) is 0 Å². The first kappa shape index (κ1) is 13.8. The molecule has 0 unspecified atom stereocenters. The Morgan fingerprint density at radius 1 is 1.38 bits per heavy atom. The second-order valence-electron chi connectivity index (χ2n) is 5.16. The molecule has 0 aliphatic carbocycles. The molecule has 0 bridgehead atoms. The van der Waals surface area contributed by atoms with Crippen LogP contribution in [0.2, 0.25) is 0 Å². The molecule has 1 aliphatic rings. The van der Waals surface area contributed by atoms with Gasteiger partial charge >= 0.3 is 0 Å². The predicted molar refractivity (Wildman–Crippen MR) is 79.3 cm³/mol. The summed E-state index contributed by atoms with van der Waals surface area (Å²) in [5, 5.41) is 7.13. The maximum absolute atomic E-state index is 11.8. The molecule has 1 saturated heterocycles. The first-order chi connectivity index (χ1) is 10.3. The first-order valence-corrected chi connectivity index (χ1v) is 7.31. The monoisotopic (exact) mass is 285 g/mol. The molecule has 21 heavy (non-hydrogen) atoms. The lowest BCUT2D eigenvalue weighted by Gasteiger charge is -2.10. The van der Waals surface area contributed by atoms with Gasteiger partial charge in [0.25, 0.3) is 0 Å². The highest BCUT2D eigenvalue weighted by atomic mass is 16.5. The minimum Gasteiger partial charge on any atom is -0.368 e. The molecule has 1 fully saturated rings. The standard InChI is InChI=1S/C16H19N3O2/c20-16(15-3-1-12-21-15)17-10-8-13-4-6-14(7-5-13)19-11-2-9-18-19/h2,4-7,9,11,15H,1,3,8,10,12H2,(H,17,20)/t15-/m0/s1. The van der Waals surface area contributed by atoms with Gasteiger partial charge in [-0.2, -0.15) is 5.10 Å². The zero-order valence-electron chi connectivity index (χ0n) is 11.9. The fraction of sp³-hybridized carbons (Fsp3) is 0.375. The SMILES string of the molecule is O=C(NCCc1ccc(-n2cccn2)cc1)[C@@H]1CCCO1. The average molecular weight is 285 g/mol. The van der Waals surface area contributed by atoms with Crippen LogP contribution >= 0.6 is 0 Å². The van der Waals surface area contributed by atoms with Crippen molar-refractivity contribution in [3.8, 4) is 5.69 Å². The molecule has 2 aromatic rings. The molecule has 5 heteroatoms. The number of carbonyl (C=O) groups is 1. The molecular formula is C16H19N3O2. The summed E-state index contributed by atoms with van der Waals surface area (Å²) in [5.74, 6) is 0.0145. The summed E-state index contributed by atoms with van der Waals surface area (Å²) in [6, 6.07) is 10.1. The third-order valence-electron chi connectivity index (χ3n) is 3.64. The molecule has 2 heterocycles. The number of hydrogen-bond acceptors (Lipinski definition) is 3. The normalized spacial score (nSPS) is 17.8. The van der Waals surface area contributed by atoms with Crippen LogP contribution in [-0.2, 0) is 16.0 Å². The predicted octanol–water partition coefficient (Wildman–Crippen LogP) is 1.71. The van der Waals surface area contributed by atoms with E-state index in [1.165, 1.54) is 5.56 Å². The van der Waals surface area contributed by atoms with E-state index < -0.39 is 0 Å². The van der Waals surface area contributed by atoms with E-state index in [9.17, 15) is 4.79 Å². The van der Waals surface area contributed by atoms with Crippen molar-refractivity contribution in [1.29, 1.82) is 0 Å². The van der Waals surface area contributed by atoms with E-state index in [0.717, 1.165) is 24.9 Å². The van der Waals surface area contributed by atoms with Crippen LogP contribution in [0.15, 0.2) is 42.7 Å². The molecule has 0 radical (unpaired) electrons. The van der Waals surface area contributed by atoms with E-state index in [4.69, 9.17) is 4.74 Å². The van der Waals surface area contributed by atoms with Crippen molar-refractivity contribution in [3.63, 3.8) is 0 Å². The van der Waals surface area contributed by atoms with Gasteiger partial charge in [-0.05, 0) is 43.0 Å². The van der Waals surface area contributed by atoms with Gasteiger partial charge in [-0.15, -0.1) is 0 Å². The van der Waals surface area contributed by atoms with Crippen LogP contribution in [0.1, 0.15) is 18.4 Å². The van der Waals surface area contributed by atoms with Gasteiger partial charge < -0.3 is 10.1 Å². The number of hydrogen-bond donors (Lipinski definition) is 1. The molecule has 0 saturated carbocycles. The maximum Gasteiger partial charge on any atom is 0.249 e. The van der Waals surface area contributed by atoms with Crippen molar-refractivity contribution in [2.24, 2.45) is 0 Å². The highest BCUT2D eigenvalue weighted by Crippen LogP contribution is 2.12. The fourth-order valence-electron chi connectivity index (χ4n) is 2.47. The van der Waals surface area contributed by atoms with Crippen molar-refractivity contribution in [3.05, 3.63) is 48.3 Å². The summed E-state index contributed by atoms with van der Waals surface area (Å²) in [7, 11) is 0. The van der Waals surface area contributed by atoms with Crippen LogP contribution in [-0.4, -0.2) is 34.9 Å². The summed E-state index contributed by atoms with van der Waals surface area (Å²) in [4.78, 5) is 11.8. The number of nitrogens with one attached hydrogen (secondary N) is 1. The Balaban J connectivity index is 1.48. The van der Waals surface area contributed by atoms with E-state index in [-0.39, 0.29) is 12.0 Å². The lowest BCUT2D eigenvalue weighted by molar-refractivity contribution is -0.129. The largest absolute Gasteiger partial charge is 0.368 e. The van der Waals surface area contributed by atoms with Gasteiger partial charge in [-0.25, -0.2) is 4.68 Å². The van der Waals surface area contributed by atoms with Crippen molar-refractivity contribution < 1.29 is 9.53 Å². The molecule has 3 rings (SSSR count). The lowest BCUT2D eigenvalue weighted by atomic mass is 10.1. The zero-order valence-corrected chi connectivity index (χ0v) is 11.9. The Hall–Kier alpha value is -2.14. The summed E-state index contributed by atoms with van der Waals surface area (Å²) in [6.45, 7) is 1.34. The van der Waals surface area contributed by atoms with Gasteiger partial charge in [0.15, 0.2) is 0 Å². The van der Waals surface area contributed by atoms with E-state index in [1.807, 2.05) is 29.1 Å². The number of benzene rings is 1. The number of ether oxygens (including phenoxy) is 1. The Morgan fingerprint density at radius 2 is 2.24 bits per heavy atom. The van der Waals surface area contributed by atoms with Gasteiger partial charge in [0.2, 0.25) is 5.91 Å². The van der Waals surface area contributed by atoms with E-state index >= 15 is 0 Å². The van der Waals surface area contributed by atoms with Gasteiger partial charge in [-0.1, -0.05) is 12.1 Å². The van der Waals surface area contributed by atoms with Crippen molar-refractivity contribution in [2.45, 2.75) is 25.4 Å². The quantitative estimate of drug-likeness (QED) is 0.910. The molecule has 1 aliphatic heterocycles. The molecule has 5 nitrogen and oxygen atoms in total. The minimum atomic E-state index is -0.243. The van der Waals surface area contributed by atoms with Crippen LogP contribution in [0, 0.1) is 0 Å². The van der Waals surface area contributed by atoms with Crippen molar-refractivity contribution >= 4 is 5.91 Å². The summed E-state index contributed by atoms with van der Waals surface area (Å²) in [6.07, 6.45) is 6.06. The zero-order chi connectivity index (χ0) is 14.5. The van der Waals surface area contributed by atoms with E-state index in [1.54, 1.807) is 6.20 Å². The number of amides is 1. The van der Waals surface area contributed by atoms with E-state index in [0.29, 0.717) is 13.2 Å². The van der Waals surface area contributed by atoms with Gasteiger partial charge in [0, 0.05) is 25.5 Å². The average Bonchev–Trinajstić information content (AvgIpc) is 3.21. The number of nitrogens with zero attached hydrogens (tertiary/aromatic N) is 2. The Bertz CT molecular complexity index is 572. The van der Waals surface area contributed by atoms with E-state index in [2.05, 4.69) is 22.5 Å². The summed E-state index contributed by atoms with van der Waals surface area (Å²) >= 11 is 0. The second-order valence-corrected chi connectivity index (χ2v) is 5.16. The van der Waals surface area contributed by atoms with Crippen LogP contribution in [0.4, 0.5) is 0 Å². The Kier molecular flexibility index (Phi) is 4.31. The molecule has 110 valence electrons. The lowest BCUT2D eigenvalue weighted by Crippen LogP contribution is -2.35. The summed E-state index contributed by atoms with van der Waals surface area (Å²) in [5.41, 5.74) is 2.23. The van der Waals surface area contributed by atoms with Crippen molar-refractivity contribution in [2.75, 3.05) is 13.2 Å². The highest BCUT2D eigenvalue weighted by molar-refractivity contribution is 5.80. The van der Waals surface area contributed by atoms with Gasteiger partial charge in [0.05, 0.1) is 5.69 Å². The number of aromatic nitrogens is 2. The smallest absolute Gasteiger partial charge is 0.249 e. The highest BCUT2D eigenvalue weighted by Gasteiger charge is 2.22. The molecule has 0 spiro atoms.